The van der Waals surface area contributed by atoms with Crippen LogP contribution >= 0.6 is 0 Å². The number of nitrogens with zero attached hydrogens (tertiary/aromatic N) is 2. The van der Waals surface area contributed by atoms with Gasteiger partial charge in [0.05, 0.1) is 5.60 Å². The Morgan fingerprint density at radius 3 is 2.12 bits per heavy atom. The summed E-state index contributed by atoms with van der Waals surface area (Å²) < 4.78 is 0. The van der Waals surface area contributed by atoms with Crippen molar-refractivity contribution >= 4 is 11.7 Å². The molecular weight excluding hydrogens is 328 g/mol. The maximum absolute atomic E-state index is 11.4. The molecule has 0 amide bonds. The fourth-order valence-corrected chi connectivity index (χ4v) is 3.66. The molecule has 1 aromatic rings. The first kappa shape index (κ1) is 20.7. The lowest BCUT2D eigenvalue weighted by atomic mass is 9.82. The van der Waals surface area contributed by atoms with E-state index in [1.165, 1.54) is 11.3 Å². The molecule has 1 heterocycles. The molecule has 1 fully saturated rings. The third-order valence-corrected chi connectivity index (χ3v) is 5.28. The maximum Gasteiger partial charge on any atom is 0.320 e. The minimum absolute atomic E-state index is 0.0409. The number of piperazine rings is 1. The van der Waals surface area contributed by atoms with E-state index in [4.69, 9.17) is 0 Å². The Morgan fingerprint density at radius 1 is 1.12 bits per heavy atom. The summed E-state index contributed by atoms with van der Waals surface area (Å²) in [5.74, 6) is -0.731. The fraction of sp³-hybridized carbons (Fsp3) is 0.667. The van der Waals surface area contributed by atoms with Crippen molar-refractivity contribution in [2.75, 3.05) is 31.1 Å². The van der Waals surface area contributed by atoms with Gasteiger partial charge in [-0.2, -0.15) is 0 Å². The SMILES string of the molecule is CCC(C(=O)O)N1CCN(c2ccc(C(C)(C)O)cc2C(C)(C)C)CC1. The van der Waals surface area contributed by atoms with Crippen LogP contribution in [0.5, 0.6) is 0 Å². The number of hydrogen-bond donors (Lipinski definition) is 2. The number of carboxylic acids is 1. The summed E-state index contributed by atoms with van der Waals surface area (Å²) in [4.78, 5) is 15.8. The van der Waals surface area contributed by atoms with E-state index in [1.807, 2.05) is 26.8 Å². The number of carbonyl (C=O) groups is 1. The predicted octanol–water partition coefficient (Wildman–Crippen LogP) is 3.20. The Hall–Kier alpha value is -1.59. The number of carboxylic acid groups (broad SMARTS) is 1. The van der Waals surface area contributed by atoms with Crippen molar-refractivity contribution in [2.45, 2.75) is 65.0 Å². The zero-order chi connectivity index (χ0) is 19.7. The normalized spacial score (nSPS) is 18.0. The standard InChI is InChI=1S/C21H34N2O3/c1-7-17(19(24)25)22-10-12-23(13-11-22)18-9-8-15(21(5,6)26)14-16(18)20(2,3)4/h8-9,14,17,26H,7,10-13H2,1-6H3,(H,24,25). The number of rotatable bonds is 5. The quantitative estimate of drug-likeness (QED) is 0.842. The van der Waals surface area contributed by atoms with Crippen molar-refractivity contribution in [3.05, 3.63) is 29.3 Å². The van der Waals surface area contributed by atoms with Gasteiger partial charge in [0.15, 0.2) is 0 Å². The van der Waals surface area contributed by atoms with Crippen molar-refractivity contribution in [1.82, 2.24) is 4.90 Å². The van der Waals surface area contributed by atoms with Crippen LogP contribution < -0.4 is 4.90 Å². The molecule has 0 aliphatic carbocycles. The number of benzene rings is 1. The molecule has 5 heteroatoms. The summed E-state index contributed by atoms with van der Waals surface area (Å²) in [6.45, 7) is 15.2. The van der Waals surface area contributed by atoms with Crippen LogP contribution in [0.1, 0.15) is 59.1 Å². The average Bonchev–Trinajstić information content (AvgIpc) is 2.53. The highest BCUT2D eigenvalue weighted by Crippen LogP contribution is 2.36. The van der Waals surface area contributed by atoms with Crippen LogP contribution in [0, 0.1) is 0 Å². The van der Waals surface area contributed by atoms with Gasteiger partial charge in [-0.25, -0.2) is 0 Å². The van der Waals surface area contributed by atoms with Gasteiger partial charge in [0, 0.05) is 31.9 Å². The van der Waals surface area contributed by atoms with Gasteiger partial charge >= 0.3 is 5.97 Å². The van der Waals surface area contributed by atoms with E-state index >= 15 is 0 Å². The summed E-state index contributed by atoms with van der Waals surface area (Å²) in [5, 5.41) is 19.8. The smallest absolute Gasteiger partial charge is 0.320 e. The second-order valence-corrected chi connectivity index (χ2v) is 8.83. The van der Waals surface area contributed by atoms with E-state index < -0.39 is 17.6 Å². The highest BCUT2D eigenvalue weighted by molar-refractivity contribution is 5.73. The van der Waals surface area contributed by atoms with Gasteiger partial charge in [0.25, 0.3) is 0 Å². The maximum atomic E-state index is 11.4. The summed E-state index contributed by atoms with van der Waals surface area (Å²) in [6.07, 6.45) is 0.628. The molecule has 1 saturated heterocycles. The first-order valence-electron chi connectivity index (χ1n) is 9.54. The molecule has 2 N–H and O–H groups in total. The molecule has 1 unspecified atom stereocenters. The largest absolute Gasteiger partial charge is 0.480 e. The van der Waals surface area contributed by atoms with Gasteiger partial charge in [-0.15, -0.1) is 0 Å². The number of hydrogen-bond acceptors (Lipinski definition) is 4. The van der Waals surface area contributed by atoms with E-state index in [-0.39, 0.29) is 5.41 Å². The second-order valence-electron chi connectivity index (χ2n) is 8.83. The molecule has 1 aromatic carbocycles. The summed E-state index contributed by atoms with van der Waals surface area (Å²) in [5.41, 5.74) is 2.42. The van der Waals surface area contributed by atoms with Gasteiger partial charge < -0.3 is 15.1 Å². The van der Waals surface area contributed by atoms with Gasteiger partial charge in [-0.3, -0.25) is 9.69 Å². The fourth-order valence-electron chi connectivity index (χ4n) is 3.66. The van der Waals surface area contributed by atoms with Crippen molar-refractivity contribution < 1.29 is 15.0 Å². The Bertz CT molecular complexity index is 636. The Balaban J connectivity index is 2.26. The molecule has 146 valence electrons. The van der Waals surface area contributed by atoms with E-state index in [2.05, 4.69) is 42.7 Å². The molecule has 0 bridgehead atoms. The molecule has 5 nitrogen and oxygen atoms in total. The lowest BCUT2D eigenvalue weighted by Gasteiger charge is -2.40. The third kappa shape index (κ3) is 4.57. The highest BCUT2D eigenvalue weighted by atomic mass is 16.4. The van der Waals surface area contributed by atoms with Crippen LogP contribution in [-0.4, -0.2) is 53.3 Å². The van der Waals surface area contributed by atoms with Crippen LogP contribution in [0.4, 0.5) is 5.69 Å². The van der Waals surface area contributed by atoms with Crippen LogP contribution in [0.3, 0.4) is 0 Å². The minimum atomic E-state index is -0.868. The van der Waals surface area contributed by atoms with Crippen LogP contribution in [-0.2, 0) is 15.8 Å². The minimum Gasteiger partial charge on any atom is -0.480 e. The van der Waals surface area contributed by atoms with Crippen LogP contribution in [0.2, 0.25) is 0 Å². The molecule has 1 aliphatic heterocycles. The second kappa shape index (κ2) is 7.57. The Morgan fingerprint density at radius 2 is 1.69 bits per heavy atom. The number of aliphatic carboxylic acids is 1. The van der Waals surface area contributed by atoms with Gasteiger partial charge in [-0.05, 0) is 42.9 Å². The summed E-state index contributed by atoms with van der Waals surface area (Å²) in [6, 6.07) is 5.84. The number of aliphatic hydroxyl groups is 1. The Kier molecular flexibility index (Phi) is 6.03. The van der Waals surface area contributed by atoms with Gasteiger partial charge in [-0.1, -0.05) is 39.8 Å². The zero-order valence-corrected chi connectivity index (χ0v) is 17.0. The molecule has 26 heavy (non-hydrogen) atoms. The molecule has 0 aromatic heterocycles. The predicted molar refractivity (Wildman–Crippen MR) is 106 cm³/mol. The molecule has 0 saturated carbocycles. The van der Waals surface area contributed by atoms with Crippen molar-refractivity contribution in [3.8, 4) is 0 Å². The molecule has 2 rings (SSSR count). The third-order valence-electron chi connectivity index (χ3n) is 5.28. The topological polar surface area (TPSA) is 64.0 Å². The van der Waals surface area contributed by atoms with E-state index in [0.717, 1.165) is 31.7 Å². The first-order valence-corrected chi connectivity index (χ1v) is 9.54. The van der Waals surface area contributed by atoms with Crippen molar-refractivity contribution in [3.63, 3.8) is 0 Å². The highest BCUT2D eigenvalue weighted by Gasteiger charge is 2.30. The van der Waals surface area contributed by atoms with Gasteiger partial charge in [0.2, 0.25) is 0 Å². The molecule has 0 radical (unpaired) electrons. The van der Waals surface area contributed by atoms with Crippen LogP contribution in [0.15, 0.2) is 18.2 Å². The summed E-state index contributed by atoms with van der Waals surface area (Å²) >= 11 is 0. The lowest BCUT2D eigenvalue weighted by molar-refractivity contribution is -0.143. The van der Waals surface area contributed by atoms with E-state index in [9.17, 15) is 15.0 Å². The number of anilines is 1. The summed E-state index contributed by atoms with van der Waals surface area (Å²) in [7, 11) is 0. The van der Waals surface area contributed by atoms with Crippen LogP contribution in [0.25, 0.3) is 0 Å². The molecule has 0 spiro atoms. The average molecular weight is 363 g/mol. The first-order chi connectivity index (χ1) is 11.9. The van der Waals surface area contributed by atoms with Gasteiger partial charge in [0.1, 0.15) is 6.04 Å². The molecule has 1 aliphatic rings. The Labute approximate surface area is 157 Å². The van der Waals surface area contributed by atoms with Crippen molar-refractivity contribution in [1.29, 1.82) is 0 Å². The molecule has 1 atom stereocenters. The molecular formula is C21H34N2O3. The zero-order valence-electron chi connectivity index (χ0n) is 17.0. The van der Waals surface area contributed by atoms with E-state index in [0.29, 0.717) is 6.42 Å². The lowest BCUT2D eigenvalue weighted by Crippen LogP contribution is -2.52. The van der Waals surface area contributed by atoms with E-state index in [1.54, 1.807) is 0 Å². The van der Waals surface area contributed by atoms with Crippen molar-refractivity contribution in [2.24, 2.45) is 0 Å². The monoisotopic (exact) mass is 362 g/mol.